The van der Waals surface area contributed by atoms with E-state index in [4.69, 9.17) is 5.11 Å². The Bertz CT molecular complexity index is 462. The van der Waals surface area contributed by atoms with E-state index in [1.807, 2.05) is 60.7 Å². The number of carboxylic acids is 1. The van der Waals surface area contributed by atoms with Gasteiger partial charge in [0.2, 0.25) is 0 Å². The average Bonchev–Trinajstić information content (AvgIpc) is 2.41. The predicted molar refractivity (Wildman–Crippen MR) is 74.7 cm³/mol. The number of hydrogen-bond acceptors (Lipinski definition) is 2. The zero-order valence-electron chi connectivity index (χ0n) is 9.78. The second-order valence-electron chi connectivity index (χ2n) is 3.74. The first-order chi connectivity index (χ1) is 8.77. The van der Waals surface area contributed by atoms with E-state index >= 15 is 0 Å². The average molecular weight is 259 g/mol. The zero-order valence-corrected chi connectivity index (χ0v) is 10.7. The summed E-state index contributed by atoms with van der Waals surface area (Å²) in [6, 6.07) is 19.9. The molecule has 0 fully saturated rings. The normalized spacial score (nSPS) is 10.5. The van der Waals surface area contributed by atoms with Gasteiger partial charge in [0.25, 0.3) is 0 Å². The van der Waals surface area contributed by atoms with Gasteiger partial charge in [-0.2, -0.15) is 0 Å². The maximum atomic E-state index is 10.7. The third-order valence-corrected chi connectivity index (χ3v) is 4.52. The number of aliphatic carboxylic acids is 1. The van der Waals surface area contributed by atoms with E-state index in [1.54, 1.807) is 0 Å². The van der Waals surface area contributed by atoms with Gasteiger partial charge in [-0.25, -0.2) is 0 Å². The fourth-order valence-corrected chi connectivity index (χ4v) is 3.53. The molecule has 0 aliphatic rings. The highest BCUT2D eigenvalue weighted by molar-refractivity contribution is 7.71. The number of carboxylic acid groups (broad SMARTS) is 1. The molecule has 0 spiro atoms. The number of hydrogen-bond donors (Lipinski definition) is 2. The summed E-state index contributed by atoms with van der Waals surface area (Å²) in [5.41, 5.74) is 0. The fourth-order valence-electron chi connectivity index (χ4n) is 1.63. The lowest BCUT2D eigenvalue weighted by atomic mass is 10.4. The topological polar surface area (TPSA) is 49.3 Å². The van der Waals surface area contributed by atoms with Crippen LogP contribution in [0.5, 0.6) is 0 Å². The van der Waals surface area contributed by atoms with E-state index in [0.717, 1.165) is 10.6 Å². The lowest BCUT2D eigenvalue weighted by Gasteiger charge is -2.18. The zero-order chi connectivity index (χ0) is 12.8. The molecular formula is C14H14NO2P. The Hall–Kier alpha value is -1.70. The van der Waals surface area contributed by atoms with Crippen LogP contribution >= 0.6 is 8.07 Å². The monoisotopic (exact) mass is 259 g/mol. The SMILES string of the molecule is O=C(O)CNP(c1ccccc1)c1ccccc1. The first-order valence-electron chi connectivity index (χ1n) is 5.63. The molecule has 0 aliphatic heterocycles. The first-order valence-corrected chi connectivity index (χ1v) is 6.97. The van der Waals surface area contributed by atoms with Crippen molar-refractivity contribution in [2.75, 3.05) is 6.54 Å². The van der Waals surface area contributed by atoms with Crippen LogP contribution in [0.25, 0.3) is 0 Å². The third-order valence-electron chi connectivity index (χ3n) is 2.42. The third kappa shape index (κ3) is 3.39. The lowest BCUT2D eigenvalue weighted by Crippen LogP contribution is -2.27. The van der Waals surface area contributed by atoms with Gasteiger partial charge in [0, 0.05) is 8.07 Å². The largest absolute Gasteiger partial charge is 0.480 e. The van der Waals surface area contributed by atoms with Crippen molar-refractivity contribution in [3.63, 3.8) is 0 Å². The van der Waals surface area contributed by atoms with Crippen molar-refractivity contribution in [1.82, 2.24) is 5.09 Å². The molecule has 4 heteroatoms. The maximum Gasteiger partial charge on any atom is 0.317 e. The number of carbonyl (C=O) groups is 1. The summed E-state index contributed by atoms with van der Waals surface area (Å²) in [5.74, 6) is -0.839. The Balaban J connectivity index is 2.26. The van der Waals surface area contributed by atoms with E-state index < -0.39 is 14.0 Å². The van der Waals surface area contributed by atoms with E-state index in [1.165, 1.54) is 0 Å². The van der Waals surface area contributed by atoms with Crippen molar-refractivity contribution in [2.45, 2.75) is 0 Å². The van der Waals surface area contributed by atoms with Gasteiger partial charge in [-0.1, -0.05) is 60.7 Å². The molecule has 0 amide bonds. The number of benzene rings is 2. The molecule has 2 aromatic rings. The summed E-state index contributed by atoms with van der Waals surface area (Å²) < 4.78 is 0. The summed E-state index contributed by atoms with van der Waals surface area (Å²) in [6.45, 7) is -0.0322. The minimum Gasteiger partial charge on any atom is -0.480 e. The molecule has 0 saturated carbocycles. The van der Waals surface area contributed by atoms with Crippen LogP contribution in [-0.2, 0) is 4.79 Å². The highest BCUT2D eigenvalue weighted by atomic mass is 31.1. The molecule has 0 heterocycles. The molecule has 2 rings (SSSR count). The van der Waals surface area contributed by atoms with Crippen LogP contribution < -0.4 is 15.7 Å². The highest BCUT2D eigenvalue weighted by Crippen LogP contribution is 2.27. The van der Waals surface area contributed by atoms with E-state index in [-0.39, 0.29) is 6.54 Å². The van der Waals surface area contributed by atoms with Crippen LogP contribution in [0.3, 0.4) is 0 Å². The minimum atomic E-state index is -0.839. The minimum absolute atomic E-state index is 0.0322. The molecule has 0 radical (unpaired) electrons. The van der Waals surface area contributed by atoms with Crippen LogP contribution in [0.4, 0.5) is 0 Å². The van der Waals surface area contributed by atoms with Crippen molar-refractivity contribution in [1.29, 1.82) is 0 Å². The van der Waals surface area contributed by atoms with Gasteiger partial charge in [0.05, 0.1) is 6.54 Å². The van der Waals surface area contributed by atoms with E-state index in [9.17, 15) is 4.79 Å². The van der Waals surface area contributed by atoms with Gasteiger partial charge in [-0.05, 0) is 10.6 Å². The highest BCUT2D eigenvalue weighted by Gasteiger charge is 2.13. The van der Waals surface area contributed by atoms with Crippen LogP contribution in [0.15, 0.2) is 60.7 Å². The summed E-state index contributed by atoms with van der Waals surface area (Å²) in [7, 11) is -0.814. The van der Waals surface area contributed by atoms with Crippen LogP contribution in [0, 0.1) is 0 Å². The second-order valence-corrected chi connectivity index (χ2v) is 5.75. The summed E-state index contributed by atoms with van der Waals surface area (Å²) >= 11 is 0. The summed E-state index contributed by atoms with van der Waals surface area (Å²) in [6.07, 6.45) is 0. The molecule has 2 N–H and O–H groups in total. The Kier molecular flexibility index (Phi) is 4.46. The quantitative estimate of drug-likeness (QED) is 0.804. The number of rotatable bonds is 5. The molecule has 0 aromatic heterocycles. The molecule has 0 atom stereocenters. The van der Waals surface area contributed by atoms with Gasteiger partial charge in [-0.15, -0.1) is 0 Å². The molecule has 0 aliphatic carbocycles. The molecular weight excluding hydrogens is 245 g/mol. The maximum absolute atomic E-state index is 10.7. The van der Waals surface area contributed by atoms with Crippen molar-refractivity contribution in [3.8, 4) is 0 Å². The Morgan fingerprint density at radius 1 is 0.944 bits per heavy atom. The fraction of sp³-hybridized carbons (Fsp3) is 0.0714. The molecule has 0 unspecified atom stereocenters. The molecule has 0 saturated heterocycles. The molecule has 2 aromatic carbocycles. The van der Waals surface area contributed by atoms with Crippen LogP contribution in [0.2, 0.25) is 0 Å². The smallest absolute Gasteiger partial charge is 0.317 e. The second kappa shape index (κ2) is 6.29. The van der Waals surface area contributed by atoms with E-state index in [2.05, 4.69) is 5.09 Å². The Labute approximate surface area is 107 Å². The standard InChI is InChI=1S/C14H14NO2P/c16-14(17)11-15-18(12-7-3-1-4-8-12)13-9-5-2-6-10-13/h1-10,15H,11H2,(H,16,17). The summed E-state index contributed by atoms with van der Waals surface area (Å²) in [5, 5.41) is 14.2. The first kappa shape index (κ1) is 12.7. The van der Waals surface area contributed by atoms with Gasteiger partial charge >= 0.3 is 5.97 Å². The Morgan fingerprint density at radius 3 is 1.78 bits per heavy atom. The van der Waals surface area contributed by atoms with Crippen molar-refractivity contribution in [2.24, 2.45) is 0 Å². The van der Waals surface area contributed by atoms with Crippen molar-refractivity contribution in [3.05, 3.63) is 60.7 Å². The van der Waals surface area contributed by atoms with Crippen molar-refractivity contribution >= 4 is 24.7 Å². The van der Waals surface area contributed by atoms with Crippen molar-refractivity contribution < 1.29 is 9.90 Å². The van der Waals surface area contributed by atoms with Gasteiger partial charge in [-0.3, -0.25) is 9.88 Å². The molecule has 3 nitrogen and oxygen atoms in total. The van der Waals surface area contributed by atoms with E-state index in [0.29, 0.717) is 0 Å². The predicted octanol–water partition coefficient (Wildman–Crippen LogP) is 1.71. The van der Waals surface area contributed by atoms with Crippen LogP contribution in [-0.4, -0.2) is 17.6 Å². The van der Waals surface area contributed by atoms with Crippen LogP contribution in [0.1, 0.15) is 0 Å². The summed E-state index contributed by atoms with van der Waals surface area (Å²) in [4.78, 5) is 10.7. The lowest BCUT2D eigenvalue weighted by molar-refractivity contribution is -0.135. The van der Waals surface area contributed by atoms with Gasteiger partial charge < -0.3 is 5.11 Å². The van der Waals surface area contributed by atoms with Gasteiger partial charge in [0.1, 0.15) is 0 Å². The molecule has 92 valence electrons. The molecule has 0 bridgehead atoms. The van der Waals surface area contributed by atoms with Gasteiger partial charge in [0.15, 0.2) is 0 Å². The molecule has 18 heavy (non-hydrogen) atoms. The number of nitrogens with one attached hydrogen (secondary N) is 1. The Morgan fingerprint density at radius 2 is 1.39 bits per heavy atom.